The molecule has 0 radical (unpaired) electrons. The van der Waals surface area contributed by atoms with E-state index in [2.05, 4.69) is 25.1 Å². The predicted octanol–water partition coefficient (Wildman–Crippen LogP) is 2.87. The minimum absolute atomic E-state index is 0.0645. The molecule has 1 amide bonds. The van der Waals surface area contributed by atoms with Crippen LogP contribution in [-0.4, -0.2) is 53.6 Å². The van der Waals surface area contributed by atoms with Crippen LogP contribution in [0.3, 0.4) is 0 Å². The second kappa shape index (κ2) is 9.09. The molecule has 1 saturated heterocycles. The van der Waals surface area contributed by atoms with Gasteiger partial charge in [0.1, 0.15) is 5.69 Å². The Morgan fingerprint density at radius 2 is 2.03 bits per heavy atom. The molecule has 9 nitrogen and oxygen atoms in total. The quantitative estimate of drug-likeness (QED) is 0.464. The number of hydrogen-bond donors (Lipinski definition) is 0. The number of amides is 1. The molecule has 0 saturated carbocycles. The maximum absolute atomic E-state index is 13.1. The van der Waals surface area contributed by atoms with Gasteiger partial charge in [-0.3, -0.25) is 9.78 Å². The van der Waals surface area contributed by atoms with Crippen LogP contribution in [0, 0.1) is 5.92 Å². The summed E-state index contributed by atoms with van der Waals surface area (Å²) in [7, 11) is 0. The summed E-state index contributed by atoms with van der Waals surface area (Å²) in [6.45, 7) is 2.18. The number of likely N-dealkylation sites (tertiary alicyclic amines) is 1. The number of carbonyl (C=O) groups is 1. The van der Waals surface area contributed by atoms with Crippen molar-refractivity contribution in [2.45, 2.75) is 25.8 Å². The van der Waals surface area contributed by atoms with Gasteiger partial charge in [-0.05, 0) is 36.5 Å². The van der Waals surface area contributed by atoms with Crippen molar-refractivity contribution in [2.75, 3.05) is 13.1 Å². The average Bonchev–Trinajstić information content (AvgIpc) is 3.52. The van der Waals surface area contributed by atoms with Gasteiger partial charge in [-0.1, -0.05) is 17.3 Å². The second-order valence-corrected chi connectivity index (χ2v) is 8.00. The molecule has 32 heavy (non-hydrogen) atoms. The lowest BCUT2D eigenvalue weighted by Gasteiger charge is -2.32. The summed E-state index contributed by atoms with van der Waals surface area (Å²) in [6, 6.07) is 7.81. The van der Waals surface area contributed by atoms with Gasteiger partial charge in [0.25, 0.3) is 5.91 Å². The fraction of sp³-hybridized carbons (Fsp3) is 0.304. The lowest BCUT2D eigenvalue weighted by molar-refractivity contribution is 0.0668. The molecular formula is C23H23N7O2. The summed E-state index contributed by atoms with van der Waals surface area (Å²) < 4.78 is 7.42. The van der Waals surface area contributed by atoms with Gasteiger partial charge in [-0.15, -0.1) is 0 Å². The van der Waals surface area contributed by atoms with Crippen LogP contribution in [0.2, 0.25) is 0 Å². The Balaban J connectivity index is 1.20. The van der Waals surface area contributed by atoms with E-state index in [9.17, 15) is 4.79 Å². The molecule has 9 heteroatoms. The van der Waals surface area contributed by atoms with Crippen LogP contribution in [0.4, 0.5) is 0 Å². The first-order valence-electron chi connectivity index (χ1n) is 10.7. The van der Waals surface area contributed by atoms with Crippen molar-refractivity contribution >= 4 is 5.91 Å². The topological polar surface area (TPSA) is 103 Å². The molecule has 0 spiro atoms. The Kier molecular flexibility index (Phi) is 5.69. The van der Waals surface area contributed by atoms with E-state index in [-0.39, 0.29) is 11.8 Å². The Morgan fingerprint density at radius 1 is 1.12 bits per heavy atom. The molecule has 1 aliphatic rings. The van der Waals surface area contributed by atoms with Crippen molar-refractivity contribution in [2.24, 2.45) is 5.92 Å². The molecule has 0 N–H and O–H groups in total. The monoisotopic (exact) mass is 429 g/mol. The van der Waals surface area contributed by atoms with Crippen LogP contribution in [0.25, 0.3) is 11.5 Å². The maximum atomic E-state index is 13.1. The molecule has 1 atom stereocenters. The highest BCUT2D eigenvalue weighted by molar-refractivity contribution is 5.94. The van der Waals surface area contributed by atoms with Crippen LogP contribution in [-0.2, 0) is 13.0 Å². The van der Waals surface area contributed by atoms with E-state index in [1.54, 1.807) is 31.1 Å². The van der Waals surface area contributed by atoms with E-state index in [0.717, 1.165) is 31.5 Å². The first-order valence-corrected chi connectivity index (χ1v) is 10.7. The van der Waals surface area contributed by atoms with Gasteiger partial charge < -0.3 is 14.0 Å². The van der Waals surface area contributed by atoms with Gasteiger partial charge in [0.15, 0.2) is 0 Å². The largest absolute Gasteiger partial charge is 0.339 e. The summed E-state index contributed by atoms with van der Waals surface area (Å²) in [5.74, 6) is 1.35. The SMILES string of the molecule is O=C(c1ccc(Cn2ccnc2)cc1)N1CCCC(Cc2nc(-c3cnccn3)no2)C1. The minimum atomic E-state index is 0.0645. The number of rotatable bonds is 6. The molecule has 4 aromatic rings. The van der Waals surface area contributed by atoms with Gasteiger partial charge >= 0.3 is 0 Å². The van der Waals surface area contributed by atoms with E-state index < -0.39 is 0 Å². The van der Waals surface area contributed by atoms with E-state index in [1.807, 2.05) is 39.9 Å². The number of carbonyl (C=O) groups excluding carboxylic acids is 1. The molecule has 1 aliphatic heterocycles. The van der Waals surface area contributed by atoms with Gasteiger partial charge in [-0.25, -0.2) is 9.97 Å². The zero-order chi connectivity index (χ0) is 21.8. The smallest absolute Gasteiger partial charge is 0.253 e. The van der Waals surface area contributed by atoms with E-state index in [0.29, 0.717) is 35.9 Å². The number of piperidine rings is 1. The lowest BCUT2D eigenvalue weighted by atomic mass is 9.94. The van der Waals surface area contributed by atoms with Crippen molar-refractivity contribution in [1.29, 1.82) is 0 Å². The minimum Gasteiger partial charge on any atom is -0.339 e. The predicted molar refractivity (Wildman–Crippen MR) is 115 cm³/mol. The Morgan fingerprint density at radius 3 is 2.81 bits per heavy atom. The number of nitrogens with zero attached hydrogens (tertiary/aromatic N) is 7. The molecule has 162 valence electrons. The average molecular weight is 429 g/mol. The van der Waals surface area contributed by atoms with Crippen molar-refractivity contribution in [1.82, 2.24) is 34.6 Å². The van der Waals surface area contributed by atoms with Crippen LogP contribution >= 0.6 is 0 Å². The number of benzene rings is 1. The van der Waals surface area contributed by atoms with E-state index >= 15 is 0 Å². The third kappa shape index (κ3) is 4.56. The van der Waals surface area contributed by atoms with E-state index in [4.69, 9.17) is 4.52 Å². The van der Waals surface area contributed by atoms with Gasteiger partial charge in [0, 0.05) is 56.4 Å². The van der Waals surface area contributed by atoms with Crippen LogP contribution in [0.15, 0.2) is 66.1 Å². The van der Waals surface area contributed by atoms with E-state index in [1.165, 1.54) is 0 Å². The Bertz CT molecular complexity index is 1160. The van der Waals surface area contributed by atoms with Crippen molar-refractivity contribution in [3.63, 3.8) is 0 Å². The fourth-order valence-corrected chi connectivity index (χ4v) is 4.05. The van der Waals surface area contributed by atoms with Gasteiger partial charge in [-0.2, -0.15) is 4.98 Å². The third-order valence-electron chi connectivity index (χ3n) is 5.66. The number of imidazole rings is 1. The Hall–Kier alpha value is -3.88. The number of aromatic nitrogens is 6. The highest BCUT2D eigenvalue weighted by atomic mass is 16.5. The molecule has 0 bridgehead atoms. The molecule has 3 aromatic heterocycles. The third-order valence-corrected chi connectivity index (χ3v) is 5.66. The summed E-state index contributed by atoms with van der Waals surface area (Å²) in [4.78, 5) is 31.7. The highest BCUT2D eigenvalue weighted by Crippen LogP contribution is 2.23. The van der Waals surface area contributed by atoms with Crippen LogP contribution in [0.5, 0.6) is 0 Å². The second-order valence-electron chi connectivity index (χ2n) is 8.00. The molecule has 5 rings (SSSR count). The number of hydrogen-bond acceptors (Lipinski definition) is 7. The standard InChI is InChI=1S/C23H23N7O2/c31-23(19-5-3-17(4-6-19)14-29-11-9-25-16-29)30-10-1-2-18(15-30)12-21-27-22(28-32-21)20-13-24-7-8-26-20/h3-9,11,13,16,18H,1-2,10,12,14-15H2. The first-order chi connectivity index (χ1) is 15.7. The molecule has 1 unspecified atom stereocenters. The zero-order valence-electron chi connectivity index (χ0n) is 17.5. The molecular weight excluding hydrogens is 406 g/mol. The highest BCUT2D eigenvalue weighted by Gasteiger charge is 2.26. The summed E-state index contributed by atoms with van der Waals surface area (Å²) >= 11 is 0. The molecule has 1 fully saturated rings. The molecule has 0 aliphatic carbocycles. The van der Waals surface area contributed by atoms with Crippen molar-refractivity contribution in [3.8, 4) is 11.5 Å². The molecule has 4 heterocycles. The maximum Gasteiger partial charge on any atom is 0.253 e. The molecule has 1 aromatic carbocycles. The fourth-order valence-electron chi connectivity index (χ4n) is 4.05. The normalized spacial score (nSPS) is 16.2. The first kappa shape index (κ1) is 20.0. The summed E-state index contributed by atoms with van der Waals surface area (Å²) in [5, 5.41) is 4.01. The lowest BCUT2D eigenvalue weighted by Crippen LogP contribution is -2.40. The summed E-state index contributed by atoms with van der Waals surface area (Å²) in [6.07, 6.45) is 12.9. The van der Waals surface area contributed by atoms with Gasteiger partial charge in [0.2, 0.25) is 11.7 Å². The Labute approximate surface area is 185 Å². The summed E-state index contributed by atoms with van der Waals surface area (Å²) in [5.41, 5.74) is 2.42. The van der Waals surface area contributed by atoms with Crippen LogP contribution < -0.4 is 0 Å². The van der Waals surface area contributed by atoms with Crippen molar-refractivity contribution in [3.05, 3.63) is 78.6 Å². The van der Waals surface area contributed by atoms with Crippen molar-refractivity contribution < 1.29 is 9.32 Å². The zero-order valence-corrected chi connectivity index (χ0v) is 17.5. The van der Waals surface area contributed by atoms with Crippen LogP contribution in [0.1, 0.15) is 34.7 Å². The van der Waals surface area contributed by atoms with Gasteiger partial charge in [0.05, 0.1) is 12.5 Å².